The Bertz CT molecular complexity index is 237. The van der Waals surface area contributed by atoms with Crippen LogP contribution in [0.5, 0.6) is 0 Å². The molecule has 5 heteroatoms. The molecule has 0 N–H and O–H groups in total. The van der Waals surface area contributed by atoms with Crippen LogP contribution in [0.25, 0.3) is 0 Å². The first-order valence-corrected chi connectivity index (χ1v) is 7.10. The molecule has 0 amide bonds. The predicted octanol–water partition coefficient (Wildman–Crippen LogP) is 2.89. The highest BCUT2D eigenvalue weighted by atomic mass is 35.6. The van der Waals surface area contributed by atoms with E-state index in [2.05, 4.69) is 6.58 Å². The highest BCUT2D eigenvalue weighted by Crippen LogP contribution is 2.31. The number of hydrogen-bond acceptors (Lipinski definition) is 1. The fourth-order valence-corrected chi connectivity index (χ4v) is 4.43. The van der Waals surface area contributed by atoms with Gasteiger partial charge in [-0.1, -0.05) is 41.4 Å². The topological polar surface area (TPSA) is 17.1 Å². The molecule has 1 fully saturated rings. The van der Waals surface area contributed by atoms with Crippen molar-refractivity contribution in [3.8, 4) is 0 Å². The van der Waals surface area contributed by atoms with E-state index < -0.39 is 3.79 Å². The third kappa shape index (κ3) is 3.34. The van der Waals surface area contributed by atoms with Crippen molar-refractivity contribution in [1.82, 2.24) is 0 Å². The Morgan fingerprint density at radius 2 is 2.21 bits per heavy atom. The summed E-state index contributed by atoms with van der Waals surface area (Å²) < 4.78 is -1.75. The summed E-state index contributed by atoms with van der Waals surface area (Å²) in [7, 11) is 0.0374. The van der Waals surface area contributed by atoms with E-state index in [0.29, 0.717) is 11.0 Å². The quantitative estimate of drug-likeness (QED) is 0.439. The molecule has 0 radical (unpaired) electrons. The summed E-state index contributed by atoms with van der Waals surface area (Å²) in [5, 5.41) is 0.436. The lowest BCUT2D eigenvalue weighted by atomic mass is 10.2. The standard InChI is InChI=1S/C9H12Cl3OS/c1-2-7-4-3-5-14(7)6-8(13)9(10,11)12/h2,7H,1,3-6H2/q+1. The number of hydrogen-bond donors (Lipinski definition) is 0. The van der Waals surface area contributed by atoms with Crippen molar-refractivity contribution in [1.29, 1.82) is 0 Å². The fourth-order valence-electron chi connectivity index (χ4n) is 1.47. The van der Waals surface area contributed by atoms with Gasteiger partial charge in [0.2, 0.25) is 5.78 Å². The van der Waals surface area contributed by atoms with Crippen LogP contribution in [0.4, 0.5) is 0 Å². The highest BCUT2D eigenvalue weighted by molar-refractivity contribution is 7.98. The third-order valence-corrected chi connectivity index (χ3v) is 5.58. The monoisotopic (exact) mass is 273 g/mol. The molecule has 80 valence electrons. The van der Waals surface area contributed by atoms with Crippen LogP contribution in [-0.2, 0) is 15.7 Å². The third-order valence-electron chi connectivity index (χ3n) is 2.22. The molecule has 1 nitrogen and oxygen atoms in total. The number of halogens is 3. The number of rotatable bonds is 3. The minimum Gasteiger partial charge on any atom is -0.289 e. The molecular weight excluding hydrogens is 263 g/mol. The molecule has 0 aliphatic carbocycles. The average molecular weight is 275 g/mol. The van der Waals surface area contributed by atoms with Gasteiger partial charge in [0.15, 0.2) is 5.75 Å². The first kappa shape index (κ1) is 12.7. The molecule has 0 saturated carbocycles. The maximum absolute atomic E-state index is 11.5. The maximum Gasteiger partial charge on any atom is 0.253 e. The van der Waals surface area contributed by atoms with Gasteiger partial charge in [0, 0.05) is 17.3 Å². The van der Waals surface area contributed by atoms with Crippen LogP contribution in [-0.4, -0.2) is 26.3 Å². The fraction of sp³-hybridized carbons (Fsp3) is 0.667. The summed E-state index contributed by atoms with van der Waals surface area (Å²) in [5.74, 6) is 1.15. The Balaban J connectivity index is 2.52. The molecule has 0 bridgehead atoms. The second kappa shape index (κ2) is 5.11. The van der Waals surface area contributed by atoms with E-state index in [1.54, 1.807) is 0 Å². The van der Waals surface area contributed by atoms with E-state index in [9.17, 15) is 4.79 Å². The van der Waals surface area contributed by atoms with Gasteiger partial charge < -0.3 is 0 Å². The molecule has 1 aliphatic heterocycles. The second-order valence-corrected chi connectivity index (χ2v) is 7.88. The lowest BCUT2D eigenvalue weighted by Gasteiger charge is -2.10. The number of ketones is 1. The van der Waals surface area contributed by atoms with Crippen molar-refractivity contribution in [2.45, 2.75) is 21.9 Å². The molecule has 1 rings (SSSR count). The molecule has 1 heterocycles. The van der Waals surface area contributed by atoms with Crippen LogP contribution >= 0.6 is 34.8 Å². The normalized spacial score (nSPS) is 27.6. The number of alkyl halides is 3. The zero-order chi connectivity index (χ0) is 10.8. The van der Waals surface area contributed by atoms with Crippen molar-refractivity contribution in [2.24, 2.45) is 0 Å². The number of Topliss-reactive ketones (excluding diaryl/α,β-unsaturated/α-hetero) is 1. The van der Waals surface area contributed by atoms with E-state index in [-0.39, 0.29) is 16.7 Å². The number of carbonyl (C=O) groups excluding carboxylic acids is 1. The average Bonchev–Trinajstić information content (AvgIpc) is 2.50. The number of carbonyl (C=O) groups is 1. The van der Waals surface area contributed by atoms with Gasteiger partial charge in [-0.2, -0.15) is 0 Å². The minimum absolute atomic E-state index is 0.0374. The largest absolute Gasteiger partial charge is 0.289 e. The van der Waals surface area contributed by atoms with E-state index in [4.69, 9.17) is 34.8 Å². The van der Waals surface area contributed by atoms with Crippen molar-refractivity contribution < 1.29 is 4.79 Å². The molecule has 0 aromatic heterocycles. The van der Waals surface area contributed by atoms with Crippen molar-refractivity contribution in [3.63, 3.8) is 0 Å². The van der Waals surface area contributed by atoms with Gasteiger partial charge in [0.1, 0.15) is 11.0 Å². The van der Waals surface area contributed by atoms with Gasteiger partial charge in [0.25, 0.3) is 3.79 Å². The molecule has 2 atom stereocenters. The van der Waals surface area contributed by atoms with E-state index in [0.717, 1.165) is 18.6 Å². The summed E-state index contributed by atoms with van der Waals surface area (Å²) >= 11 is 16.5. The SMILES string of the molecule is C=CC1CCC[S+]1CC(=O)C(Cl)(Cl)Cl. The molecule has 1 aliphatic rings. The first-order chi connectivity index (χ1) is 6.45. The molecular formula is C9H12Cl3OS+. The Labute approximate surface area is 102 Å². The lowest BCUT2D eigenvalue weighted by Crippen LogP contribution is -2.31. The Hall–Kier alpha value is 0.630. The summed E-state index contributed by atoms with van der Waals surface area (Å²) in [4.78, 5) is 11.5. The molecule has 0 aromatic rings. The van der Waals surface area contributed by atoms with Crippen molar-refractivity contribution >= 4 is 51.5 Å². The van der Waals surface area contributed by atoms with Gasteiger partial charge in [-0.25, -0.2) is 0 Å². The van der Waals surface area contributed by atoms with Crippen molar-refractivity contribution in [2.75, 3.05) is 11.5 Å². The van der Waals surface area contributed by atoms with Gasteiger partial charge in [-0.05, 0) is 12.5 Å². The van der Waals surface area contributed by atoms with Gasteiger partial charge in [-0.15, -0.1) is 0 Å². The van der Waals surface area contributed by atoms with Crippen LogP contribution in [0.1, 0.15) is 12.8 Å². The van der Waals surface area contributed by atoms with Gasteiger partial charge in [-0.3, -0.25) is 4.79 Å². The predicted molar refractivity (Wildman–Crippen MR) is 65.6 cm³/mol. The molecule has 0 spiro atoms. The highest BCUT2D eigenvalue weighted by Gasteiger charge is 2.41. The minimum atomic E-state index is -1.75. The molecule has 0 aromatic carbocycles. The summed E-state index contributed by atoms with van der Waals surface area (Å²) in [5.41, 5.74) is 0. The Morgan fingerprint density at radius 1 is 1.57 bits per heavy atom. The van der Waals surface area contributed by atoms with Gasteiger partial charge >= 0.3 is 0 Å². The zero-order valence-electron chi connectivity index (χ0n) is 7.64. The van der Waals surface area contributed by atoms with Crippen LogP contribution in [0.2, 0.25) is 0 Å². The van der Waals surface area contributed by atoms with Gasteiger partial charge in [0.05, 0.1) is 0 Å². The second-order valence-electron chi connectivity index (χ2n) is 3.22. The zero-order valence-corrected chi connectivity index (χ0v) is 10.7. The lowest BCUT2D eigenvalue weighted by molar-refractivity contribution is -0.115. The van der Waals surface area contributed by atoms with E-state index in [1.165, 1.54) is 0 Å². The smallest absolute Gasteiger partial charge is 0.253 e. The Morgan fingerprint density at radius 3 is 2.71 bits per heavy atom. The molecule has 14 heavy (non-hydrogen) atoms. The summed E-state index contributed by atoms with van der Waals surface area (Å²) in [6, 6.07) is 0. The van der Waals surface area contributed by atoms with Crippen LogP contribution < -0.4 is 0 Å². The van der Waals surface area contributed by atoms with E-state index >= 15 is 0 Å². The van der Waals surface area contributed by atoms with Crippen LogP contribution in [0.15, 0.2) is 12.7 Å². The summed E-state index contributed by atoms with van der Waals surface area (Å²) in [6.45, 7) is 3.76. The van der Waals surface area contributed by atoms with E-state index in [1.807, 2.05) is 6.08 Å². The Kier molecular flexibility index (Phi) is 4.63. The summed E-state index contributed by atoms with van der Waals surface area (Å²) in [6.07, 6.45) is 4.18. The van der Waals surface area contributed by atoms with Crippen molar-refractivity contribution in [3.05, 3.63) is 12.7 Å². The molecule has 1 saturated heterocycles. The maximum atomic E-state index is 11.5. The molecule has 2 unspecified atom stereocenters. The van der Waals surface area contributed by atoms with Crippen LogP contribution in [0, 0.1) is 0 Å². The first-order valence-electron chi connectivity index (χ1n) is 4.34. The van der Waals surface area contributed by atoms with Crippen LogP contribution in [0.3, 0.4) is 0 Å².